The van der Waals surface area contributed by atoms with Crippen LogP contribution < -0.4 is 0 Å². The van der Waals surface area contributed by atoms with E-state index in [9.17, 15) is 0 Å². The summed E-state index contributed by atoms with van der Waals surface area (Å²) in [5.41, 5.74) is 2.01. The monoisotopic (exact) mass is 182 g/mol. The van der Waals surface area contributed by atoms with Gasteiger partial charge in [-0.3, -0.25) is 5.41 Å². The highest BCUT2D eigenvalue weighted by Crippen LogP contribution is 2.01. The predicted molar refractivity (Wildman–Crippen MR) is 55.9 cm³/mol. The SMILES string of the molecule is C=C(C)CN(CC(=C)C)C(=N)OC. The van der Waals surface area contributed by atoms with Gasteiger partial charge in [0.05, 0.1) is 7.11 Å². The lowest BCUT2D eigenvalue weighted by Gasteiger charge is -2.23. The Kier molecular flexibility index (Phi) is 4.89. The first-order valence-electron chi connectivity index (χ1n) is 4.13. The molecule has 0 aromatic rings. The Morgan fingerprint density at radius 1 is 1.23 bits per heavy atom. The molecule has 3 nitrogen and oxygen atoms in total. The number of hydrogen-bond acceptors (Lipinski definition) is 2. The van der Waals surface area contributed by atoms with Crippen LogP contribution in [0.4, 0.5) is 0 Å². The van der Waals surface area contributed by atoms with E-state index in [1.54, 1.807) is 4.90 Å². The van der Waals surface area contributed by atoms with Gasteiger partial charge in [0.2, 0.25) is 0 Å². The van der Waals surface area contributed by atoms with Crippen molar-refractivity contribution in [1.82, 2.24) is 4.90 Å². The van der Waals surface area contributed by atoms with Crippen molar-refractivity contribution in [1.29, 1.82) is 5.41 Å². The van der Waals surface area contributed by atoms with E-state index in [1.807, 2.05) is 13.8 Å². The summed E-state index contributed by atoms with van der Waals surface area (Å²) in [6.45, 7) is 12.7. The van der Waals surface area contributed by atoms with Crippen LogP contribution in [0.25, 0.3) is 0 Å². The van der Waals surface area contributed by atoms with Crippen molar-refractivity contribution in [2.75, 3.05) is 20.2 Å². The highest BCUT2D eigenvalue weighted by Gasteiger charge is 2.09. The van der Waals surface area contributed by atoms with Gasteiger partial charge in [0.1, 0.15) is 0 Å². The number of nitrogens with zero attached hydrogens (tertiary/aromatic N) is 1. The molecule has 0 bridgehead atoms. The molecule has 0 atom stereocenters. The van der Waals surface area contributed by atoms with E-state index < -0.39 is 0 Å². The number of nitrogens with one attached hydrogen (secondary N) is 1. The molecule has 0 aliphatic heterocycles. The molecule has 1 N–H and O–H groups in total. The third-order valence-electron chi connectivity index (χ3n) is 1.40. The quantitative estimate of drug-likeness (QED) is 0.410. The van der Waals surface area contributed by atoms with Crippen LogP contribution in [0.1, 0.15) is 13.8 Å². The first kappa shape index (κ1) is 11.8. The molecule has 0 aliphatic rings. The van der Waals surface area contributed by atoms with E-state index >= 15 is 0 Å². The summed E-state index contributed by atoms with van der Waals surface area (Å²) in [4.78, 5) is 1.78. The molecule has 74 valence electrons. The fourth-order valence-electron chi connectivity index (χ4n) is 0.980. The molecule has 0 heterocycles. The third-order valence-corrected chi connectivity index (χ3v) is 1.40. The topological polar surface area (TPSA) is 36.3 Å². The van der Waals surface area contributed by atoms with Crippen LogP contribution in [0.15, 0.2) is 24.3 Å². The maximum absolute atomic E-state index is 7.50. The van der Waals surface area contributed by atoms with Gasteiger partial charge in [-0.25, -0.2) is 0 Å². The lowest BCUT2D eigenvalue weighted by molar-refractivity contribution is 0.298. The van der Waals surface area contributed by atoms with E-state index in [2.05, 4.69) is 13.2 Å². The van der Waals surface area contributed by atoms with E-state index in [0.29, 0.717) is 13.1 Å². The van der Waals surface area contributed by atoms with E-state index in [-0.39, 0.29) is 6.02 Å². The molecule has 0 radical (unpaired) electrons. The number of ether oxygens (including phenoxy) is 1. The summed E-state index contributed by atoms with van der Waals surface area (Å²) in [6, 6.07) is 0.158. The minimum atomic E-state index is 0.158. The Morgan fingerprint density at radius 2 is 1.62 bits per heavy atom. The van der Waals surface area contributed by atoms with Crippen LogP contribution in [0.5, 0.6) is 0 Å². The van der Waals surface area contributed by atoms with Gasteiger partial charge in [-0.2, -0.15) is 0 Å². The van der Waals surface area contributed by atoms with Crippen molar-refractivity contribution in [3.63, 3.8) is 0 Å². The maximum atomic E-state index is 7.50. The second kappa shape index (κ2) is 5.41. The second-order valence-corrected chi connectivity index (χ2v) is 3.28. The Bertz CT molecular complexity index is 205. The first-order chi connectivity index (χ1) is 5.97. The van der Waals surface area contributed by atoms with Gasteiger partial charge in [-0.05, 0) is 13.8 Å². The Hall–Kier alpha value is -1.25. The van der Waals surface area contributed by atoms with E-state index in [4.69, 9.17) is 10.1 Å². The number of hydrogen-bond donors (Lipinski definition) is 1. The Morgan fingerprint density at radius 3 is 1.85 bits per heavy atom. The van der Waals surface area contributed by atoms with Gasteiger partial charge in [0, 0.05) is 13.1 Å². The zero-order valence-corrected chi connectivity index (χ0v) is 8.68. The molecule has 0 amide bonds. The lowest BCUT2D eigenvalue weighted by atomic mass is 10.3. The van der Waals surface area contributed by atoms with E-state index in [1.165, 1.54) is 7.11 Å². The number of methoxy groups -OCH3 is 1. The van der Waals surface area contributed by atoms with Crippen LogP contribution in [-0.2, 0) is 4.74 Å². The standard InChI is InChI=1S/C10H18N2O/c1-8(2)6-12(7-9(3)4)10(11)13-5/h11H,1,3,6-7H2,2,4-5H3. The molecule has 0 spiro atoms. The van der Waals surface area contributed by atoms with Crippen LogP contribution >= 0.6 is 0 Å². The molecule has 0 rings (SSSR count). The first-order valence-corrected chi connectivity index (χ1v) is 4.13. The minimum Gasteiger partial charge on any atom is -0.469 e. The average Bonchev–Trinajstić information content (AvgIpc) is 2.00. The molecule has 0 aromatic heterocycles. The van der Waals surface area contributed by atoms with E-state index in [0.717, 1.165) is 11.1 Å². The highest BCUT2D eigenvalue weighted by atomic mass is 16.5. The zero-order valence-electron chi connectivity index (χ0n) is 8.68. The highest BCUT2D eigenvalue weighted by molar-refractivity contribution is 5.70. The van der Waals surface area contributed by atoms with Crippen LogP contribution in [0, 0.1) is 5.41 Å². The van der Waals surface area contributed by atoms with Crippen LogP contribution in [-0.4, -0.2) is 31.1 Å². The summed E-state index contributed by atoms with van der Waals surface area (Å²) in [6.07, 6.45) is 0. The smallest absolute Gasteiger partial charge is 0.284 e. The average molecular weight is 182 g/mol. The van der Waals surface area contributed by atoms with Crippen molar-refractivity contribution in [2.24, 2.45) is 0 Å². The normalized spacial score (nSPS) is 9.15. The molecule has 0 saturated heterocycles. The maximum Gasteiger partial charge on any atom is 0.284 e. The van der Waals surface area contributed by atoms with Gasteiger partial charge < -0.3 is 9.64 Å². The molecular formula is C10H18N2O. The van der Waals surface area contributed by atoms with Crippen molar-refractivity contribution in [3.8, 4) is 0 Å². The predicted octanol–water partition coefficient (Wildman–Crippen LogP) is 2.02. The molecular weight excluding hydrogens is 164 g/mol. The van der Waals surface area contributed by atoms with Crippen LogP contribution in [0.3, 0.4) is 0 Å². The summed E-state index contributed by atoms with van der Waals surface area (Å²) in [5, 5.41) is 7.50. The van der Waals surface area contributed by atoms with Crippen molar-refractivity contribution < 1.29 is 4.74 Å². The second-order valence-electron chi connectivity index (χ2n) is 3.28. The number of amidine groups is 1. The fraction of sp³-hybridized carbons (Fsp3) is 0.500. The molecule has 0 aromatic carbocycles. The van der Waals surface area contributed by atoms with Gasteiger partial charge in [0.25, 0.3) is 6.02 Å². The van der Waals surface area contributed by atoms with Crippen molar-refractivity contribution in [3.05, 3.63) is 24.3 Å². The van der Waals surface area contributed by atoms with Gasteiger partial charge in [-0.1, -0.05) is 24.3 Å². The summed E-state index contributed by atoms with van der Waals surface area (Å²) >= 11 is 0. The third kappa shape index (κ3) is 5.06. The molecule has 13 heavy (non-hydrogen) atoms. The Balaban J connectivity index is 4.26. The largest absolute Gasteiger partial charge is 0.469 e. The summed E-state index contributed by atoms with van der Waals surface area (Å²) in [5.74, 6) is 0. The molecule has 0 unspecified atom stereocenters. The van der Waals surface area contributed by atoms with Gasteiger partial charge in [-0.15, -0.1) is 0 Å². The molecule has 3 heteroatoms. The lowest BCUT2D eigenvalue weighted by Crippen LogP contribution is -2.34. The van der Waals surface area contributed by atoms with Crippen LogP contribution in [0.2, 0.25) is 0 Å². The number of rotatable bonds is 4. The minimum absolute atomic E-state index is 0.158. The molecule has 0 saturated carbocycles. The van der Waals surface area contributed by atoms with Crippen molar-refractivity contribution in [2.45, 2.75) is 13.8 Å². The molecule has 0 aliphatic carbocycles. The fourth-order valence-corrected chi connectivity index (χ4v) is 0.980. The summed E-state index contributed by atoms with van der Waals surface area (Å²) < 4.78 is 4.84. The Labute approximate surface area is 80.2 Å². The van der Waals surface area contributed by atoms with Crippen molar-refractivity contribution >= 4 is 6.02 Å². The van der Waals surface area contributed by atoms with Gasteiger partial charge in [0.15, 0.2) is 0 Å². The van der Waals surface area contributed by atoms with Gasteiger partial charge >= 0.3 is 0 Å². The molecule has 0 fully saturated rings. The summed E-state index contributed by atoms with van der Waals surface area (Å²) in [7, 11) is 1.49. The zero-order chi connectivity index (χ0) is 10.4.